The highest BCUT2D eigenvalue weighted by molar-refractivity contribution is 5.84. The Balaban J connectivity index is 2.04. The average molecular weight is 417 g/mol. The Bertz CT molecular complexity index is 1190. The second-order valence-corrected chi connectivity index (χ2v) is 5.78. The summed E-state index contributed by atoms with van der Waals surface area (Å²) in [7, 11) is 0. The molecule has 0 aliphatic heterocycles. The van der Waals surface area contributed by atoms with Gasteiger partial charge in [-0.15, -0.1) is 13.2 Å². The molecule has 0 unspecified atom stereocenters. The van der Waals surface area contributed by atoms with Crippen molar-refractivity contribution in [1.29, 1.82) is 5.26 Å². The normalized spacial score (nSPS) is 11.4. The van der Waals surface area contributed by atoms with E-state index in [2.05, 4.69) is 14.7 Å². The van der Waals surface area contributed by atoms with Gasteiger partial charge in [0, 0.05) is 6.21 Å². The molecule has 0 aliphatic carbocycles. The lowest BCUT2D eigenvalue weighted by molar-refractivity contribution is -0.274. The van der Waals surface area contributed by atoms with Crippen molar-refractivity contribution in [2.75, 3.05) is 5.73 Å². The molecule has 3 aromatic rings. The zero-order valence-corrected chi connectivity index (χ0v) is 14.9. The summed E-state index contributed by atoms with van der Waals surface area (Å²) in [5.74, 6) is -1.19. The fraction of sp³-hybridized carbons (Fsp3) is 0.0526. The van der Waals surface area contributed by atoms with E-state index < -0.39 is 23.6 Å². The van der Waals surface area contributed by atoms with Crippen LogP contribution in [-0.2, 0) is 0 Å². The third kappa shape index (κ3) is 4.61. The van der Waals surface area contributed by atoms with E-state index in [9.17, 15) is 27.6 Å². The second kappa shape index (κ2) is 8.04. The van der Waals surface area contributed by atoms with Gasteiger partial charge in [-0.25, -0.2) is 18.7 Å². The summed E-state index contributed by atoms with van der Waals surface area (Å²) in [5.41, 5.74) is 5.19. The average Bonchev–Trinajstić information content (AvgIpc) is 2.68. The van der Waals surface area contributed by atoms with Crippen molar-refractivity contribution in [3.05, 3.63) is 76.1 Å². The molecule has 0 fully saturated rings. The van der Waals surface area contributed by atoms with E-state index in [4.69, 9.17) is 5.73 Å². The van der Waals surface area contributed by atoms with Crippen LogP contribution in [0.1, 0.15) is 11.3 Å². The maximum Gasteiger partial charge on any atom is 0.573 e. The van der Waals surface area contributed by atoms with Crippen LogP contribution in [0.2, 0.25) is 0 Å². The SMILES string of the molecule is N#Cc1nc(=O)n(-c2ccc(OC(F)(F)F)cc2)c(N)c1N=Cc1ccc(F)cc1. The highest BCUT2D eigenvalue weighted by Crippen LogP contribution is 2.28. The molecule has 2 N–H and O–H groups in total. The zero-order valence-electron chi connectivity index (χ0n) is 14.9. The third-order valence-corrected chi connectivity index (χ3v) is 3.75. The molecular weight excluding hydrogens is 406 g/mol. The van der Waals surface area contributed by atoms with Crippen molar-refractivity contribution in [3.8, 4) is 17.5 Å². The summed E-state index contributed by atoms with van der Waals surface area (Å²) >= 11 is 0. The van der Waals surface area contributed by atoms with Gasteiger partial charge >= 0.3 is 12.1 Å². The van der Waals surface area contributed by atoms with Gasteiger partial charge in [-0.05, 0) is 42.0 Å². The highest BCUT2D eigenvalue weighted by atomic mass is 19.4. The first-order chi connectivity index (χ1) is 14.2. The van der Waals surface area contributed by atoms with E-state index in [1.54, 1.807) is 6.07 Å². The molecule has 7 nitrogen and oxygen atoms in total. The van der Waals surface area contributed by atoms with Crippen molar-refractivity contribution in [3.63, 3.8) is 0 Å². The summed E-state index contributed by atoms with van der Waals surface area (Å²) in [6, 6.07) is 11.3. The third-order valence-electron chi connectivity index (χ3n) is 3.75. The van der Waals surface area contributed by atoms with Crippen molar-refractivity contribution in [2.45, 2.75) is 6.36 Å². The van der Waals surface area contributed by atoms with E-state index in [1.807, 2.05) is 0 Å². The number of nitriles is 1. The first-order valence-electron chi connectivity index (χ1n) is 8.16. The Morgan fingerprint density at radius 3 is 2.33 bits per heavy atom. The number of rotatable bonds is 4. The molecule has 2 aromatic carbocycles. The fourth-order valence-corrected chi connectivity index (χ4v) is 2.47. The van der Waals surface area contributed by atoms with Gasteiger partial charge in [0.25, 0.3) is 0 Å². The van der Waals surface area contributed by atoms with Crippen molar-refractivity contribution in [2.24, 2.45) is 4.99 Å². The predicted molar refractivity (Wildman–Crippen MR) is 99.3 cm³/mol. The molecule has 0 bridgehead atoms. The van der Waals surface area contributed by atoms with Gasteiger partial charge in [0.2, 0.25) is 0 Å². The van der Waals surface area contributed by atoms with Crippen molar-refractivity contribution < 1.29 is 22.3 Å². The monoisotopic (exact) mass is 417 g/mol. The summed E-state index contributed by atoms with van der Waals surface area (Å²) in [4.78, 5) is 20.0. The lowest BCUT2D eigenvalue weighted by atomic mass is 10.2. The van der Waals surface area contributed by atoms with E-state index in [-0.39, 0.29) is 22.9 Å². The molecule has 152 valence electrons. The quantitative estimate of drug-likeness (QED) is 0.517. The van der Waals surface area contributed by atoms with Crippen LogP contribution >= 0.6 is 0 Å². The molecule has 3 rings (SSSR count). The Hall–Kier alpha value is -4.20. The molecular formula is C19H11F4N5O2. The first kappa shape index (κ1) is 20.5. The molecule has 0 aliphatic rings. The van der Waals surface area contributed by atoms with Gasteiger partial charge < -0.3 is 10.5 Å². The molecule has 11 heteroatoms. The van der Waals surface area contributed by atoms with Gasteiger partial charge in [0.15, 0.2) is 5.69 Å². The van der Waals surface area contributed by atoms with Crippen LogP contribution in [0.15, 0.2) is 58.3 Å². The number of ether oxygens (including phenoxy) is 1. The number of nitrogens with two attached hydrogens (primary N) is 1. The topological polar surface area (TPSA) is 106 Å². The Kier molecular flexibility index (Phi) is 5.50. The Morgan fingerprint density at radius 2 is 1.77 bits per heavy atom. The van der Waals surface area contributed by atoms with Crippen LogP contribution in [0.25, 0.3) is 5.69 Å². The number of benzene rings is 2. The molecule has 0 saturated heterocycles. The molecule has 0 saturated carbocycles. The maximum atomic E-state index is 13.0. The summed E-state index contributed by atoms with van der Waals surface area (Å²) in [5, 5.41) is 9.24. The molecule has 0 radical (unpaired) electrons. The standard InChI is InChI=1S/C19H11F4N5O2/c20-12-3-1-11(2-4-12)10-26-16-15(9-24)27-18(29)28(17(16)25)13-5-7-14(8-6-13)30-19(21,22)23/h1-8,10H,25H2. The number of aliphatic imine (C=N–C) groups is 1. The van der Waals surface area contributed by atoms with Crippen LogP contribution in [0.4, 0.5) is 29.1 Å². The smallest absolute Gasteiger partial charge is 0.406 e. The number of hydrogen-bond acceptors (Lipinski definition) is 6. The Labute approximate surface area is 166 Å². The Morgan fingerprint density at radius 1 is 1.13 bits per heavy atom. The highest BCUT2D eigenvalue weighted by Gasteiger charge is 2.31. The lowest BCUT2D eigenvalue weighted by Crippen LogP contribution is -2.25. The minimum Gasteiger partial charge on any atom is -0.406 e. The molecule has 0 spiro atoms. The molecule has 0 amide bonds. The zero-order chi connectivity index (χ0) is 21.9. The largest absolute Gasteiger partial charge is 0.573 e. The fourth-order valence-electron chi connectivity index (χ4n) is 2.47. The van der Waals surface area contributed by atoms with Crippen LogP contribution in [0.5, 0.6) is 5.75 Å². The number of aromatic nitrogens is 2. The molecule has 1 heterocycles. The summed E-state index contributed by atoms with van der Waals surface area (Å²) in [6.07, 6.45) is -3.57. The van der Waals surface area contributed by atoms with Gasteiger partial charge in [-0.1, -0.05) is 12.1 Å². The van der Waals surface area contributed by atoms with Crippen LogP contribution < -0.4 is 16.2 Å². The number of alkyl halides is 3. The van der Waals surface area contributed by atoms with E-state index in [1.165, 1.54) is 42.6 Å². The van der Waals surface area contributed by atoms with Crippen molar-refractivity contribution >= 4 is 17.7 Å². The lowest BCUT2D eigenvalue weighted by Gasteiger charge is -2.13. The minimum absolute atomic E-state index is 0.0854. The van der Waals surface area contributed by atoms with Crippen LogP contribution in [0, 0.1) is 17.1 Å². The minimum atomic E-state index is -4.87. The molecule has 0 atom stereocenters. The van der Waals surface area contributed by atoms with Crippen LogP contribution in [0.3, 0.4) is 0 Å². The number of anilines is 1. The van der Waals surface area contributed by atoms with Crippen molar-refractivity contribution in [1.82, 2.24) is 9.55 Å². The van der Waals surface area contributed by atoms with Crippen LogP contribution in [-0.4, -0.2) is 22.1 Å². The van der Waals surface area contributed by atoms with Gasteiger partial charge in [-0.2, -0.15) is 10.2 Å². The number of nitrogen functional groups attached to an aromatic ring is 1. The van der Waals surface area contributed by atoms with E-state index >= 15 is 0 Å². The van der Waals surface area contributed by atoms with Gasteiger partial charge in [0.1, 0.15) is 29.1 Å². The molecule has 30 heavy (non-hydrogen) atoms. The second-order valence-electron chi connectivity index (χ2n) is 5.78. The number of hydrogen-bond donors (Lipinski definition) is 1. The number of nitrogens with zero attached hydrogens (tertiary/aromatic N) is 4. The number of halogens is 4. The van der Waals surface area contributed by atoms with E-state index in [0.717, 1.165) is 16.7 Å². The first-order valence-corrected chi connectivity index (χ1v) is 8.16. The van der Waals surface area contributed by atoms with Gasteiger partial charge in [0.05, 0.1) is 5.69 Å². The summed E-state index contributed by atoms with van der Waals surface area (Å²) in [6.45, 7) is 0. The predicted octanol–water partition coefficient (Wildman–Crippen LogP) is 3.47. The summed E-state index contributed by atoms with van der Waals surface area (Å²) < 4.78 is 54.6. The maximum absolute atomic E-state index is 13.0. The van der Waals surface area contributed by atoms with Gasteiger partial charge in [-0.3, -0.25) is 0 Å². The van der Waals surface area contributed by atoms with E-state index in [0.29, 0.717) is 5.56 Å². The molecule has 1 aromatic heterocycles.